The van der Waals surface area contributed by atoms with E-state index in [-0.39, 0.29) is 6.09 Å². The number of halogens is 3. The van der Waals surface area contributed by atoms with Crippen molar-refractivity contribution in [2.45, 2.75) is 39.1 Å². The molecule has 1 aliphatic heterocycles. The molecule has 1 saturated heterocycles. The summed E-state index contributed by atoms with van der Waals surface area (Å²) in [5.41, 5.74) is -1.52. The zero-order chi connectivity index (χ0) is 21.1. The molecule has 0 unspecified atom stereocenters. The number of hydrogen-bond donors (Lipinski definition) is 0. The van der Waals surface area contributed by atoms with E-state index in [2.05, 4.69) is 4.74 Å². The molecule has 0 radical (unpaired) electrons. The molecule has 0 saturated carbocycles. The lowest BCUT2D eigenvalue weighted by Gasteiger charge is -2.35. The summed E-state index contributed by atoms with van der Waals surface area (Å²) >= 11 is 0. The highest BCUT2D eigenvalue weighted by Gasteiger charge is 2.36. The Morgan fingerprint density at radius 1 is 1.07 bits per heavy atom. The summed E-state index contributed by atoms with van der Waals surface area (Å²) in [5, 5.41) is 0. The van der Waals surface area contributed by atoms with Gasteiger partial charge in [0.05, 0.1) is 18.2 Å². The highest BCUT2D eigenvalue weighted by atomic mass is 19.4. The van der Waals surface area contributed by atoms with Gasteiger partial charge in [0.25, 0.3) is 0 Å². The first kappa shape index (κ1) is 22.0. The highest BCUT2D eigenvalue weighted by Crippen LogP contribution is 2.33. The van der Waals surface area contributed by atoms with E-state index in [4.69, 9.17) is 4.74 Å². The molecule has 1 aromatic rings. The number of carbonyl (C=O) groups is 2. The smallest absolute Gasteiger partial charge is 0.417 e. The lowest BCUT2D eigenvalue weighted by molar-refractivity contribution is -0.138. The number of rotatable bonds is 3. The molecule has 156 valence electrons. The van der Waals surface area contributed by atoms with E-state index in [1.165, 1.54) is 12.1 Å². The minimum absolute atomic E-state index is 0.365. The van der Waals surface area contributed by atoms with E-state index in [1.807, 2.05) is 4.90 Å². The SMILES string of the molecule is COC(=O)c1cc(CN2CCN(C(=O)OC(C)(C)C)CC2)ccc1C(F)(F)F. The maximum atomic E-state index is 13.1. The average Bonchev–Trinajstić information content (AvgIpc) is 2.59. The Morgan fingerprint density at radius 3 is 2.18 bits per heavy atom. The molecule has 0 atom stereocenters. The first-order valence-corrected chi connectivity index (χ1v) is 8.89. The molecule has 1 heterocycles. The van der Waals surface area contributed by atoms with Crippen molar-refractivity contribution in [1.29, 1.82) is 0 Å². The zero-order valence-corrected chi connectivity index (χ0v) is 16.4. The molecule has 6 nitrogen and oxygen atoms in total. The van der Waals surface area contributed by atoms with Gasteiger partial charge in [-0.2, -0.15) is 13.2 Å². The maximum absolute atomic E-state index is 13.1. The fourth-order valence-electron chi connectivity index (χ4n) is 2.89. The quantitative estimate of drug-likeness (QED) is 0.724. The van der Waals surface area contributed by atoms with Crippen molar-refractivity contribution in [2.24, 2.45) is 0 Å². The van der Waals surface area contributed by atoms with Gasteiger partial charge in [0.1, 0.15) is 5.60 Å². The Morgan fingerprint density at radius 2 is 1.68 bits per heavy atom. The van der Waals surface area contributed by atoms with Crippen LogP contribution in [0.15, 0.2) is 18.2 Å². The second-order valence-corrected chi connectivity index (χ2v) is 7.61. The molecule has 0 N–H and O–H groups in total. The fraction of sp³-hybridized carbons (Fsp3) is 0.579. The number of alkyl halides is 3. The first-order chi connectivity index (χ1) is 12.9. The molecule has 9 heteroatoms. The van der Waals surface area contributed by atoms with Crippen LogP contribution in [0.1, 0.15) is 42.3 Å². The van der Waals surface area contributed by atoms with Gasteiger partial charge in [-0.15, -0.1) is 0 Å². The highest BCUT2D eigenvalue weighted by molar-refractivity contribution is 5.91. The third-order valence-corrected chi connectivity index (χ3v) is 4.22. The lowest BCUT2D eigenvalue weighted by atomic mass is 10.0. The first-order valence-electron chi connectivity index (χ1n) is 8.89. The third-order valence-electron chi connectivity index (χ3n) is 4.22. The van der Waals surface area contributed by atoms with Gasteiger partial charge in [-0.1, -0.05) is 6.07 Å². The van der Waals surface area contributed by atoms with E-state index >= 15 is 0 Å². The maximum Gasteiger partial charge on any atom is 0.417 e. The van der Waals surface area contributed by atoms with Gasteiger partial charge in [-0.25, -0.2) is 9.59 Å². The Bertz CT molecular complexity index is 721. The number of nitrogens with zero attached hydrogens (tertiary/aromatic N) is 2. The second-order valence-electron chi connectivity index (χ2n) is 7.61. The molecule has 1 amide bonds. The van der Waals surface area contributed by atoms with Crippen molar-refractivity contribution in [2.75, 3.05) is 33.3 Å². The molecule has 28 heavy (non-hydrogen) atoms. The van der Waals surface area contributed by atoms with Crippen LogP contribution < -0.4 is 0 Å². The van der Waals surface area contributed by atoms with Crippen LogP contribution >= 0.6 is 0 Å². The second kappa shape index (κ2) is 8.38. The van der Waals surface area contributed by atoms with Crippen molar-refractivity contribution in [3.8, 4) is 0 Å². The van der Waals surface area contributed by atoms with E-state index in [0.717, 1.165) is 13.2 Å². The fourth-order valence-corrected chi connectivity index (χ4v) is 2.89. The lowest BCUT2D eigenvalue weighted by Crippen LogP contribution is -2.49. The van der Waals surface area contributed by atoms with Gasteiger partial charge >= 0.3 is 18.2 Å². The third kappa shape index (κ3) is 5.85. The summed E-state index contributed by atoms with van der Waals surface area (Å²) in [6.45, 7) is 7.77. The molecule has 1 aliphatic rings. The molecule has 2 rings (SSSR count). The number of piperazine rings is 1. The molecule has 1 aromatic carbocycles. The Labute approximate surface area is 162 Å². The van der Waals surface area contributed by atoms with Crippen molar-refractivity contribution in [3.05, 3.63) is 34.9 Å². The minimum atomic E-state index is -4.64. The predicted octanol–water partition coefficient (Wildman–Crippen LogP) is 3.54. The van der Waals surface area contributed by atoms with E-state index in [0.29, 0.717) is 38.3 Å². The molecule has 1 fully saturated rings. The Hall–Kier alpha value is -2.29. The van der Waals surface area contributed by atoms with Crippen LogP contribution in [0.2, 0.25) is 0 Å². The van der Waals surface area contributed by atoms with Crippen LogP contribution in [0, 0.1) is 0 Å². The summed E-state index contributed by atoms with van der Waals surface area (Å²) in [7, 11) is 1.05. The normalized spacial score (nSPS) is 16.0. The van der Waals surface area contributed by atoms with E-state index in [1.54, 1.807) is 25.7 Å². The number of carbonyl (C=O) groups excluding carboxylic acids is 2. The summed E-state index contributed by atoms with van der Waals surface area (Å²) in [6.07, 6.45) is -5.02. The molecule has 0 spiro atoms. The van der Waals surface area contributed by atoms with Gasteiger partial charge in [-0.05, 0) is 38.5 Å². The van der Waals surface area contributed by atoms with Crippen LogP contribution in [0.3, 0.4) is 0 Å². The predicted molar refractivity (Wildman–Crippen MR) is 95.9 cm³/mol. The molecular weight excluding hydrogens is 377 g/mol. The summed E-state index contributed by atoms with van der Waals surface area (Å²) < 4.78 is 49.1. The topological polar surface area (TPSA) is 59.1 Å². The van der Waals surface area contributed by atoms with Gasteiger partial charge in [0, 0.05) is 32.7 Å². The van der Waals surface area contributed by atoms with Crippen LogP contribution in [0.25, 0.3) is 0 Å². The van der Waals surface area contributed by atoms with Crippen LogP contribution in [0.5, 0.6) is 0 Å². The van der Waals surface area contributed by atoms with Crippen LogP contribution in [-0.2, 0) is 22.2 Å². The number of methoxy groups -OCH3 is 1. The molecule has 0 bridgehead atoms. The van der Waals surface area contributed by atoms with Gasteiger partial charge < -0.3 is 14.4 Å². The van der Waals surface area contributed by atoms with Crippen molar-refractivity contribution >= 4 is 12.1 Å². The van der Waals surface area contributed by atoms with Crippen molar-refractivity contribution in [1.82, 2.24) is 9.80 Å². The average molecular weight is 402 g/mol. The van der Waals surface area contributed by atoms with Crippen LogP contribution in [0.4, 0.5) is 18.0 Å². The number of benzene rings is 1. The van der Waals surface area contributed by atoms with Crippen molar-refractivity contribution < 1.29 is 32.2 Å². The number of ether oxygens (including phenoxy) is 2. The molecule has 0 aromatic heterocycles. The number of amides is 1. The summed E-state index contributed by atoms with van der Waals surface area (Å²) in [6, 6.07) is 3.48. The van der Waals surface area contributed by atoms with Gasteiger partial charge in [-0.3, -0.25) is 4.90 Å². The van der Waals surface area contributed by atoms with Gasteiger partial charge in [0.15, 0.2) is 0 Å². The van der Waals surface area contributed by atoms with E-state index in [9.17, 15) is 22.8 Å². The Balaban J connectivity index is 2.03. The van der Waals surface area contributed by atoms with Gasteiger partial charge in [0.2, 0.25) is 0 Å². The largest absolute Gasteiger partial charge is 0.465 e. The zero-order valence-electron chi connectivity index (χ0n) is 16.4. The number of hydrogen-bond acceptors (Lipinski definition) is 5. The molecule has 0 aliphatic carbocycles. The van der Waals surface area contributed by atoms with Crippen molar-refractivity contribution in [3.63, 3.8) is 0 Å². The number of esters is 1. The minimum Gasteiger partial charge on any atom is -0.465 e. The molecular formula is C19H25F3N2O4. The standard InChI is InChI=1S/C19H25F3N2O4/c1-18(2,3)28-17(26)24-9-7-23(8-10-24)12-13-5-6-15(19(20,21)22)14(11-13)16(25)27-4/h5-6,11H,7-10,12H2,1-4H3. The summed E-state index contributed by atoms with van der Waals surface area (Å²) in [5.74, 6) is -1.02. The Kier molecular flexibility index (Phi) is 6.59. The van der Waals surface area contributed by atoms with E-state index < -0.39 is 28.9 Å². The summed E-state index contributed by atoms with van der Waals surface area (Å²) in [4.78, 5) is 27.5. The van der Waals surface area contributed by atoms with Crippen LogP contribution in [-0.4, -0.2) is 60.8 Å². The monoisotopic (exact) mass is 402 g/mol.